The number of hydrogen-bond acceptors (Lipinski definition) is 1. The molecule has 0 aromatic heterocycles. The van der Waals surface area contributed by atoms with Crippen LogP contribution in [-0.2, 0) is 0 Å². The summed E-state index contributed by atoms with van der Waals surface area (Å²) in [6, 6.07) is 3.84. The molecule has 100 valence electrons. The predicted molar refractivity (Wildman–Crippen MR) is 62.3 cm³/mol. The van der Waals surface area contributed by atoms with E-state index in [1.54, 1.807) is 0 Å². The average molecular weight is 327 g/mol. The molecular formula is C12H11BrF4O. The van der Waals surface area contributed by atoms with Gasteiger partial charge in [0.25, 0.3) is 6.43 Å². The van der Waals surface area contributed by atoms with Gasteiger partial charge in [0.05, 0.1) is 16.5 Å². The number of alkyl halides is 4. The van der Waals surface area contributed by atoms with E-state index in [2.05, 4.69) is 15.9 Å². The number of hydrogen-bond donors (Lipinski definition) is 0. The Balaban J connectivity index is 2.02. The highest BCUT2D eigenvalue weighted by Crippen LogP contribution is 2.51. The molecule has 0 aliphatic heterocycles. The Labute approximate surface area is 110 Å². The summed E-state index contributed by atoms with van der Waals surface area (Å²) in [6.07, 6.45) is -4.09. The Morgan fingerprint density at radius 1 is 1.22 bits per heavy atom. The maximum absolute atomic E-state index is 12.7. The Hall–Kier alpha value is -0.780. The van der Waals surface area contributed by atoms with Gasteiger partial charge in [-0.05, 0) is 47.0 Å². The summed E-state index contributed by atoms with van der Waals surface area (Å²) in [4.78, 5) is 0. The molecule has 0 N–H and O–H groups in total. The van der Waals surface area contributed by atoms with Crippen molar-refractivity contribution < 1.29 is 22.3 Å². The van der Waals surface area contributed by atoms with Gasteiger partial charge in [0, 0.05) is 5.56 Å². The van der Waals surface area contributed by atoms with E-state index < -0.39 is 18.3 Å². The second kappa shape index (κ2) is 5.07. The molecule has 1 aromatic carbocycles. The summed E-state index contributed by atoms with van der Waals surface area (Å²) in [5, 5.41) is 0. The van der Waals surface area contributed by atoms with Crippen LogP contribution in [0.1, 0.15) is 24.8 Å². The smallest absolute Gasteiger partial charge is 0.263 e. The molecule has 6 heteroatoms. The molecule has 1 fully saturated rings. The first kappa shape index (κ1) is 13.6. The molecule has 1 aromatic rings. The Morgan fingerprint density at radius 2 is 1.89 bits per heavy atom. The molecule has 0 unspecified atom stereocenters. The van der Waals surface area contributed by atoms with Crippen molar-refractivity contribution in [2.45, 2.75) is 25.7 Å². The van der Waals surface area contributed by atoms with Gasteiger partial charge in [-0.25, -0.2) is 17.6 Å². The zero-order chi connectivity index (χ0) is 13.3. The maximum atomic E-state index is 12.7. The SMILES string of the molecule is FC(F)c1ccc(OCC2(C(F)F)CC2)c(Br)c1. The van der Waals surface area contributed by atoms with Crippen LogP contribution in [0.4, 0.5) is 17.6 Å². The molecule has 18 heavy (non-hydrogen) atoms. The minimum Gasteiger partial charge on any atom is -0.492 e. The molecule has 0 radical (unpaired) electrons. The monoisotopic (exact) mass is 326 g/mol. The lowest BCUT2D eigenvalue weighted by atomic mass is 10.1. The summed E-state index contributed by atoms with van der Waals surface area (Å²) in [5.41, 5.74) is -1.18. The molecule has 0 heterocycles. The van der Waals surface area contributed by atoms with Crippen LogP contribution in [-0.4, -0.2) is 13.0 Å². The molecule has 0 saturated heterocycles. The van der Waals surface area contributed by atoms with E-state index in [9.17, 15) is 17.6 Å². The molecule has 1 aliphatic rings. The van der Waals surface area contributed by atoms with Crippen LogP contribution in [0.15, 0.2) is 22.7 Å². The lowest BCUT2D eigenvalue weighted by molar-refractivity contribution is 0.0314. The maximum Gasteiger partial charge on any atom is 0.263 e. The predicted octanol–water partition coefficient (Wildman–Crippen LogP) is 4.81. The van der Waals surface area contributed by atoms with Gasteiger partial charge in [-0.3, -0.25) is 0 Å². The zero-order valence-electron chi connectivity index (χ0n) is 9.31. The van der Waals surface area contributed by atoms with Gasteiger partial charge >= 0.3 is 0 Å². The number of benzene rings is 1. The van der Waals surface area contributed by atoms with E-state index in [0.29, 0.717) is 23.1 Å². The van der Waals surface area contributed by atoms with Crippen molar-refractivity contribution >= 4 is 15.9 Å². The standard InChI is InChI=1S/C12H11BrF4O/c13-8-5-7(10(14)15)1-2-9(8)18-6-12(3-4-12)11(16)17/h1-2,5,10-11H,3-4,6H2. The third-order valence-corrected chi connectivity index (χ3v) is 3.70. The average Bonchev–Trinajstić information content (AvgIpc) is 3.08. The molecular weight excluding hydrogens is 316 g/mol. The fraction of sp³-hybridized carbons (Fsp3) is 0.500. The Morgan fingerprint density at radius 3 is 2.33 bits per heavy atom. The molecule has 1 nitrogen and oxygen atoms in total. The lowest BCUT2D eigenvalue weighted by Gasteiger charge is -2.16. The summed E-state index contributed by atoms with van der Waals surface area (Å²) in [7, 11) is 0. The molecule has 2 rings (SSSR count). The molecule has 1 aliphatic carbocycles. The van der Waals surface area contributed by atoms with Crippen LogP contribution in [0.3, 0.4) is 0 Å². The lowest BCUT2D eigenvalue weighted by Crippen LogP contribution is -2.21. The van der Waals surface area contributed by atoms with Crippen molar-refractivity contribution in [2.24, 2.45) is 5.41 Å². The van der Waals surface area contributed by atoms with Crippen molar-refractivity contribution in [3.8, 4) is 5.75 Å². The first-order valence-electron chi connectivity index (χ1n) is 5.43. The summed E-state index contributed by atoms with van der Waals surface area (Å²) < 4.78 is 55.8. The number of ether oxygens (including phenoxy) is 1. The van der Waals surface area contributed by atoms with Crippen LogP contribution in [0, 0.1) is 5.41 Å². The zero-order valence-corrected chi connectivity index (χ0v) is 10.9. The normalized spacial score (nSPS) is 17.3. The first-order chi connectivity index (χ1) is 8.44. The highest BCUT2D eigenvalue weighted by atomic mass is 79.9. The highest BCUT2D eigenvalue weighted by Gasteiger charge is 2.52. The van der Waals surface area contributed by atoms with E-state index in [0.717, 1.165) is 0 Å². The van der Waals surface area contributed by atoms with Crippen molar-refractivity contribution in [3.05, 3.63) is 28.2 Å². The number of rotatable bonds is 5. The Kier molecular flexibility index (Phi) is 3.84. The minimum atomic E-state index is -2.56. The van der Waals surface area contributed by atoms with Crippen molar-refractivity contribution in [2.75, 3.05) is 6.61 Å². The highest BCUT2D eigenvalue weighted by molar-refractivity contribution is 9.10. The van der Waals surface area contributed by atoms with E-state index >= 15 is 0 Å². The van der Waals surface area contributed by atoms with Gasteiger partial charge in [-0.1, -0.05) is 0 Å². The fourth-order valence-electron chi connectivity index (χ4n) is 1.58. The van der Waals surface area contributed by atoms with Gasteiger partial charge in [0.1, 0.15) is 5.75 Å². The largest absolute Gasteiger partial charge is 0.492 e. The third kappa shape index (κ3) is 2.79. The van der Waals surface area contributed by atoms with Crippen molar-refractivity contribution in [3.63, 3.8) is 0 Å². The van der Waals surface area contributed by atoms with E-state index in [-0.39, 0.29) is 12.2 Å². The van der Waals surface area contributed by atoms with Crippen LogP contribution in [0.2, 0.25) is 0 Å². The fourth-order valence-corrected chi connectivity index (χ4v) is 2.09. The minimum absolute atomic E-state index is 0.0860. The van der Waals surface area contributed by atoms with E-state index in [1.165, 1.54) is 18.2 Å². The second-order valence-corrected chi connectivity index (χ2v) is 5.30. The molecule has 0 atom stereocenters. The topological polar surface area (TPSA) is 9.23 Å². The third-order valence-electron chi connectivity index (χ3n) is 3.08. The molecule has 1 saturated carbocycles. The van der Waals surface area contributed by atoms with Gasteiger partial charge < -0.3 is 4.74 Å². The second-order valence-electron chi connectivity index (χ2n) is 4.44. The van der Waals surface area contributed by atoms with E-state index in [4.69, 9.17) is 4.74 Å². The number of halogens is 5. The Bertz CT molecular complexity index is 432. The summed E-state index contributed by atoms with van der Waals surface area (Å²) >= 11 is 3.09. The van der Waals surface area contributed by atoms with Gasteiger partial charge in [-0.15, -0.1) is 0 Å². The van der Waals surface area contributed by atoms with Gasteiger partial charge in [0.2, 0.25) is 6.43 Å². The van der Waals surface area contributed by atoms with Gasteiger partial charge in [-0.2, -0.15) is 0 Å². The quantitative estimate of drug-likeness (QED) is 0.705. The summed E-state index contributed by atoms with van der Waals surface area (Å²) in [6.45, 7) is -0.0860. The van der Waals surface area contributed by atoms with Crippen LogP contribution < -0.4 is 4.74 Å². The molecule has 0 amide bonds. The van der Waals surface area contributed by atoms with Crippen molar-refractivity contribution in [1.29, 1.82) is 0 Å². The molecule has 0 bridgehead atoms. The van der Waals surface area contributed by atoms with Crippen LogP contribution in [0.5, 0.6) is 5.75 Å². The van der Waals surface area contributed by atoms with Crippen molar-refractivity contribution in [1.82, 2.24) is 0 Å². The van der Waals surface area contributed by atoms with Gasteiger partial charge in [0.15, 0.2) is 0 Å². The van der Waals surface area contributed by atoms with Crippen LogP contribution >= 0.6 is 15.9 Å². The summed E-state index contributed by atoms with van der Waals surface area (Å²) in [5.74, 6) is 0.311. The molecule has 0 spiro atoms. The van der Waals surface area contributed by atoms with E-state index in [1.807, 2.05) is 0 Å². The first-order valence-corrected chi connectivity index (χ1v) is 6.22. The van der Waals surface area contributed by atoms with Crippen LogP contribution in [0.25, 0.3) is 0 Å².